The summed E-state index contributed by atoms with van der Waals surface area (Å²) in [4.78, 5) is 0. The molecule has 0 unspecified atom stereocenters. The van der Waals surface area contributed by atoms with Crippen LogP contribution in [0.1, 0.15) is 5.56 Å². The molecule has 0 aliphatic carbocycles. The largest absolute Gasteiger partial charge is 0.326 e. The van der Waals surface area contributed by atoms with Crippen molar-refractivity contribution in [3.05, 3.63) is 56.0 Å². The van der Waals surface area contributed by atoms with Crippen LogP contribution in [0.4, 0.5) is 0 Å². The van der Waals surface area contributed by atoms with E-state index in [9.17, 15) is 0 Å². The zero-order valence-electron chi connectivity index (χ0n) is 9.18. The van der Waals surface area contributed by atoms with E-state index in [2.05, 4.69) is 0 Å². The lowest BCUT2D eigenvalue weighted by Crippen LogP contribution is -1.96. The van der Waals surface area contributed by atoms with Crippen molar-refractivity contribution >= 4 is 46.4 Å². The molecule has 5 heteroatoms. The predicted molar refractivity (Wildman–Crippen MR) is 79.8 cm³/mol. The summed E-state index contributed by atoms with van der Waals surface area (Å²) in [5, 5.41) is 1.45. The van der Waals surface area contributed by atoms with Crippen LogP contribution in [0.3, 0.4) is 0 Å². The van der Waals surface area contributed by atoms with Gasteiger partial charge in [0.2, 0.25) is 0 Å². The van der Waals surface area contributed by atoms with E-state index in [0.717, 1.165) is 11.1 Å². The van der Waals surface area contributed by atoms with E-state index in [1.807, 2.05) is 24.3 Å². The van der Waals surface area contributed by atoms with Crippen molar-refractivity contribution in [3.8, 4) is 11.1 Å². The Balaban J connectivity index is 2.67. The maximum atomic E-state index is 6.20. The summed E-state index contributed by atoms with van der Waals surface area (Å²) in [6.07, 6.45) is 0. The first-order chi connectivity index (χ1) is 8.54. The average molecular weight is 321 g/mol. The lowest BCUT2D eigenvalue weighted by Gasteiger charge is -2.11. The molecule has 2 aromatic carbocycles. The van der Waals surface area contributed by atoms with E-state index in [1.54, 1.807) is 6.07 Å². The van der Waals surface area contributed by atoms with Gasteiger partial charge in [0.1, 0.15) is 0 Å². The van der Waals surface area contributed by atoms with Gasteiger partial charge in [0.25, 0.3) is 0 Å². The normalized spacial score (nSPS) is 10.7. The third-order valence-corrected chi connectivity index (χ3v) is 4.13. The Bertz CT molecular complexity index is 596. The van der Waals surface area contributed by atoms with Crippen LogP contribution < -0.4 is 5.73 Å². The first-order valence-corrected chi connectivity index (χ1v) is 6.68. The summed E-state index contributed by atoms with van der Waals surface area (Å²) in [7, 11) is 0. The van der Waals surface area contributed by atoms with Crippen LogP contribution in [0.15, 0.2) is 30.3 Å². The second-order valence-corrected chi connectivity index (χ2v) is 5.32. The molecule has 94 valence electrons. The number of nitrogens with two attached hydrogens (primary N) is 1. The van der Waals surface area contributed by atoms with Gasteiger partial charge in [-0.1, -0.05) is 64.6 Å². The lowest BCUT2D eigenvalue weighted by atomic mass is 10.0. The van der Waals surface area contributed by atoms with Crippen molar-refractivity contribution in [3.63, 3.8) is 0 Å². The number of hydrogen-bond acceptors (Lipinski definition) is 1. The molecule has 0 spiro atoms. The molecule has 0 heterocycles. The lowest BCUT2D eigenvalue weighted by molar-refractivity contribution is 1.07. The van der Waals surface area contributed by atoms with Crippen LogP contribution in [0.5, 0.6) is 0 Å². The Morgan fingerprint density at radius 2 is 1.61 bits per heavy atom. The van der Waals surface area contributed by atoms with Crippen molar-refractivity contribution in [2.24, 2.45) is 5.73 Å². The van der Waals surface area contributed by atoms with Gasteiger partial charge in [-0.3, -0.25) is 0 Å². The van der Waals surface area contributed by atoms with Crippen LogP contribution in [0.25, 0.3) is 11.1 Å². The summed E-state index contributed by atoms with van der Waals surface area (Å²) < 4.78 is 0. The van der Waals surface area contributed by atoms with Crippen molar-refractivity contribution in [1.29, 1.82) is 0 Å². The minimum Gasteiger partial charge on any atom is -0.326 e. The van der Waals surface area contributed by atoms with E-state index in [0.29, 0.717) is 32.2 Å². The minimum atomic E-state index is 0.302. The molecule has 0 amide bonds. The number of rotatable bonds is 2. The van der Waals surface area contributed by atoms with Crippen molar-refractivity contribution in [2.45, 2.75) is 6.54 Å². The van der Waals surface area contributed by atoms with Crippen LogP contribution in [-0.4, -0.2) is 0 Å². The molecule has 0 fully saturated rings. The van der Waals surface area contributed by atoms with Gasteiger partial charge in [-0.25, -0.2) is 0 Å². The molecule has 2 rings (SSSR count). The zero-order chi connectivity index (χ0) is 13.3. The van der Waals surface area contributed by atoms with E-state index >= 15 is 0 Å². The van der Waals surface area contributed by atoms with Gasteiger partial charge in [-0.05, 0) is 23.3 Å². The van der Waals surface area contributed by atoms with Gasteiger partial charge >= 0.3 is 0 Å². The topological polar surface area (TPSA) is 26.0 Å². The molecular weight excluding hydrogens is 312 g/mol. The molecule has 0 bridgehead atoms. The summed E-state index contributed by atoms with van der Waals surface area (Å²) in [6.45, 7) is 0.449. The Labute approximate surface area is 125 Å². The first kappa shape index (κ1) is 14.0. The highest BCUT2D eigenvalue weighted by molar-refractivity contribution is 6.51. The maximum absolute atomic E-state index is 6.20. The summed E-state index contributed by atoms with van der Waals surface area (Å²) in [6, 6.07) is 9.24. The van der Waals surface area contributed by atoms with Gasteiger partial charge in [-0.15, -0.1) is 0 Å². The molecule has 1 nitrogen and oxygen atoms in total. The molecule has 0 saturated heterocycles. The quantitative estimate of drug-likeness (QED) is 0.579. The highest BCUT2D eigenvalue weighted by Gasteiger charge is 2.15. The fourth-order valence-electron chi connectivity index (χ4n) is 1.68. The Hall–Kier alpha value is -0.440. The minimum absolute atomic E-state index is 0.302. The molecular formula is C13H9Cl4N. The maximum Gasteiger partial charge on any atom is 0.0785 e. The molecule has 0 aliphatic heterocycles. The van der Waals surface area contributed by atoms with E-state index in [1.165, 1.54) is 0 Å². The van der Waals surface area contributed by atoms with Crippen molar-refractivity contribution < 1.29 is 0 Å². The Morgan fingerprint density at radius 1 is 0.889 bits per heavy atom. The highest BCUT2D eigenvalue weighted by atomic mass is 35.5. The molecule has 0 aromatic heterocycles. The summed E-state index contributed by atoms with van der Waals surface area (Å²) in [5.41, 5.74) is 8.14. The van der Waals surface area contributed by atoms with Gasteiger partial charge in [0, 0.05) is 12.1 Å². The third-order valence-electron chi connectivity index (χ3n) is 2.57. The molecule has 2 aromatic rings. The molecule has 18 heavy (non-hydrogen) atoms. The number of hydrogen-bond donors (Lipinski definition) is 1. The second kappa shape index (κ2) is 5.68. The monoisotopic (exact) mass is 319 g/mol. The van der Waals surface area contributed by atoms with Crippen molar-refractivity contribution in [1.82, 2.24) is 0 Å². The van der Waals surface area contributed by atoms with Crippen LogP contribution in [-0.2, 0) is 6.54 Å². The highest BCUT2D eigenvalue weighted by Crippen LogP contribution is 2.43. The van der Waals surface area contributed by atoms with E-state index < -0.39 is 0 Å². The van der Waals surface area contributed by atoms with Gasteiger partial charge < -0.3 is 5.73 Å². The molecule has 0 atom stereocenters. The number of benzene rings is 2. The molecule has 0 aliphatic rings. The fraction of sp³-hybridized carbons (Fsp3) is 0.0769. The predicted octanol–water partition coefficient (Wildman–Crippen LogP) is 5.43. The fourth-order valence-corrected chi connectivity index (χ4v) is 2.82. The summed E-state index contributed by atoms with van der Waals surface area (Å²) in [5.74, 6) is 0. The average Bonchev–Trinajstić information content (AvgIpc) is 2.36. The second-order valence-electron chi connectivity index (χ2n) is 3.75. The van der Waals surface area contributed by atoms with Crippen LogP contribution >= 0.6 is 46.4 Å². The van der Waals surface area contributed by atoms with Gasteiger partial charge in [-0.2, -0.15) is 0 Å². The summed E-state index contributed by atoms with van der Waals surface area (Å²) >= 11 is 24.3. The smallest absolute Gasteiger partial charge is 0.0785 e. The first-order valence-electron chi connectivity index (χ1n) is 5.17. The Morgan fingerprint density at radius 3 is 2.28 bits per heavy atom. The van der Waals surface area contributed by atoms with Crippen LogP contribution in [0.2, 0.25) is 20.1 Å². The van der Waals surface area contributed by atoms with E-state index in [-0.39, 0.29) is 0 Å². The molecule has 2 N–H and O–H groups in total. The standard InChI is InChI=1S/C13H9Cl4N/c14-9-5-10(15)12(16)13(17)11(9)8-3-1-2-7(4-8)6-18/h1-5H,6,18H2. The number of halogens is 4. The third kappa shape index (κ3) is 2.61. The van der Waals surface area contributed by atoms with E-state index in [4.69, 9.17) is 52.1 Å². The van der Waals surface area contributed by atoms with Gasteiger partial charge in [0.05, 0.1) is 20.1 Å². The van der Waals surface area contributed by atoms with Gasteiger partial charge in [0.15, 0.2) is 0 Å². The van der Waals surface area contributed by atoms with Crippen molar-refractivity contribution in [2.75, 3.05) is 0 Å². The van der Waals surface area contributed by atoms with Crippen LogP contribution in [0, 0.1) is 0 Å². The SMILES string of the molecule is NCc1cccc(-c2c(Cl)cc(Cl)c(Cl)c2Cl)c1. The zero-order valence-corrected chi connectivity index (χ0v) is 12.2. The Kier molecular flexibility index (Phi) is 4.41. The molecule has 0 saturated carbocycles. The molecule has 0 radical (unpaired) electrons.